The molecule has 9 nitrogen and oxygen atoms in total. The molecule has 0 aliphatic heterocycles. The Kier molecular flexibility index (Phi) is 12.5. The van der Waals surface area contributed by atoms with Gasteiger partial charge in [0.25, 0.3) is 0 Å². The summed E-state index contributed by atoms with van der Waals surface area (Å²) in [4.78, 5) is 0. The van der Waals surface area contributed by atoms with Crippen molar-refractivity contribution in [2.24, 2.45) is 0 Å². The minimum atomic E-state index is -2.52. The second kappa shape index (κ2) is 12.8. The molecule has 144 valence electrons. The molecule has 0 unspecified atom stereocenters. The van der Waals surface area contributed by atoms with E-state index in [1.807, 2.05) is 0 Å². The molecule has 0 saturated heterocycles. The molecular formula is C13H33N3O6Si2. The van der Waals surface area contributed by atoms with Gasteiger partial charge in [0, 0.05) is 67.8 Å². The van der Waals surface area contributed by atoms with E-state index in [0.717, 1.165) is 12.8 Å². The summed E-state index contributed by atoms with van der Waals surface area (Å²) in [7, 11) is 4.54. The van der Waals surface area contributed by atoms with Crippen molar-refractivity contribution in [3.8, 4) is 0 Å². The van der Waals surface area contributed by atoms with Crippen molar-refractivity contribution in [3.05, 3.63) is 0 Å². The zero-order chi connectivity index (χ0) is 18.5. The van der Waals surface area contributed by atoms with Gasteiger partial charge >= 0.3 is 17.6 Å². The van der Waals surface area contributed by atoms with Crippen LogP contribution in [0.15, 0.2) is 0 Å². The van der Waals surface area contributed by atoms with Gasteiger partial charge in [0.1, 0.15) is 0 Å². The fourth-order valence-corrected chi connectivity index (χ4v) is 5.66. The molecule has 0 fully saturated rings. The second-order valence-corrected chi connectivity index (χ2v) is 11.2. The molecule has 24 heavy (non-hydrogen) atoms. The van der Waals surface area contributed by atoms with Crippen LogP contribution in [-0.4, -0.2) is 79.3 Å². The molecular weight excluding hydrogens is 350 g/mol. The van der Waals surface area contributed by atoms with Crippen LogP contribution in [0.5, 0.6) is 0 Å². The standard InChI is InChI=1S/C13H33N3O6Si2/c1-17-23(18-2,19-3)11-7-9-15-13(14)16-10-8-12-24(20-4,21-5)22-6/h7-12H2,1-6H3,(H3,14,15,16). The lowest BCUT2D eigenvalue weighted by molar-refractivity contribution is 0.122. The molecule has 0 aromatic rings. The molecule has 11 heteroatoms. The minimum Gasteiger partial charge on any atom is -0.377 e. The van der Waals surface area contributed by atoms with Crippen LogP contribution >= 0.6 is 0 Å². The summed E-state index contributed by atoms with van der Waals surface area (Å²) in [5.41, 5.74) is 0. The smallest absolute Gasteiger partial charge is 0.377 e. The van der Waals surface area contributed by atoms with E-state index in [4.69, 9.17) is 32.0 Å². The third-order valence-electron chi connectivity index (χ3n) is 3.79. The molecule has 0 aromatic heterocycles. The lowest BCUT2D eigenvalue weighted by Gasteiger charge is -2.24. The third-order valence-corrected chi connectivity index (χ3v) is 9.45. The Morgan fingerprint density at radius 2 is 0.958 bits per heavy atom. The van der Waals surface area contributed by atoms with Crippen LogP contribution in [0, 0.1) is 5.41 Å². The maximum atomic E-state index is 7.84. The molecule has 0 aliphatic rings. The maximum Gasteiger partial charge on any atom is 0.500 e. The summed E-state index contributed by atoms with van der Waals surface area (Å²) < 4.78 is 32.1. The Bertz CT molecular complexity index is 297. The summed E-state index contributed by atoms with van der Waals surface area (Å²) >= 11 is 0. The summed E-state index contributed by atoms with van der Waals surface area (Å²) in [6, 6.07) is 1.39. The van der Waals surface area contributed by atoms with Crippen LogP contribution < -0.4 is 10.6 Å². The average Bonchev–Trinajstić information content (AvgIpc) is 2.63. The van der Waals surface area contributed by atoms with Gasteiger partial charge in [-0.05, 0) is 12.8 Å². The Hall–Kier alpha value is -0.536. The molecule has 0 aromatic carbocycles. The van der Waals surface area contributed by atoms with E-state index in [-0.39, 0.29) is 5.96 Å². The van der Waals surface area contributed by atoms with E-state index < -0.39 is 17.6 Å². The normalized spacial score (nSPS) is 12.2. The van der Waals surface area contributed by atoms with Gasteiger partial charge in [-0.3, -0.25) is 5.41 Å². The molecule has 0 heterocycles. The van der Waals surface area contributed by atoms with E-state index in [1.54, 1.807) is 42.7 Å². The predicted octanol–water partition coefficient (Wildman–Crippen LogP) is 0.637. The zero-order valence-corrected chi connectivity index (χ0v) is 17.7. The molecule has 3 N–H and O–H groups in total. The molecule has 0 aliphatic carbocycles. The van der Waals surface area contributed by atoms with Gasteiger partial charge in [0.05, 0.1) is 0 Å². The van der Waals surface area contributed by atoms with Gasteiger partial charge in [-0.25, -0.2) is 0 Å². The monoisotopic (exact) mass is 383 g/mol. The lowest BCUT2D eigenvalue weighted by Crippen LogP contribution is -2.44. The highest BCUT2D eigenvalue weighted by Crippen LogP contribution is 2.15. The summed E-state index contributed by atoms with van der Waals surface area (Å²) in [6.07, 6.45) is 1.58. The fraction of sp³-hybridized carbons (Fsp3) is 0.923. The number of hydrogen-bond acceptors (Lipinski definition) is 7. The van der Waals surface area contributed by atoms with Crippen LogP contribution in [0.3, 0.4) is 0 Å². The summed E-state index contributed by atoms with van der Waals surface area (Å²) in [6.45, 7) is 1.28. The highest BCUT2D eigenvalue weighted by Gasteiger charge is 2.37. The summed E-state index contributed by atoms with van der Waals surface area (Å²) in [5.74, 6) is 0.286. The van der Waals surface area contributed by atoms with Crippen molar-refractivity contribution in [1.29, 1.82) is 5.41 Å². The Morgan fingerprint density at radius 3 is 1.21 bits per heavy atom. The van der Waals surface area contributed by atoms with Crippen molar-refractivity contribution in [2.45, 2.75) is 24.9 Å². The van der Waals surface area contributed by atoms with Crippen LogP contribution in [-0.2, 0) is 26.6 Å². The molecule has 0 atom stereocenters. The van der Waals surface area contributed by atoms with Crippen molar-refractivity contribution in [1.82, 2.24) is 10.6 Å². The molecule has 0 spiro atoms. The molecule has 0 amide bonds. The van der Waals surface area contributed by atoms with E-state index >= 15 is 0 Å². The van der Waals surface area contributed by atoms with E-state index in [0.29, 0.717) is 25.2 Å². The van der Waals surface area contributed by atoms with Gasteiger partial charge in [-0.1, -0.05) is 0 Å². The minimum absolute atomic E-state index is 0.286. The summed E-state index contributed by atoms with van der Waals surface area (Å²) in [5, 5.41) is 13.9. The Morgan fingerprint density at radius 1 is 0.667 bits per heavy atom. The number of nitrogens with one attached hydrogen (secondary N) is 3. The van der Waals surface area contributed by atoms with Crippen LogP contribution in [0.1, 0.15) is 12.8 Å². The number of guanidine groups is 1. The largest absolute Gasteiger partial charge is 0.500 e. The van der Waals surface area contributed by atoms with Crippen LogP contribution in [0.4, 0.5) is 0 Å². The van der Waals surface area contributed by atoms with Gasteiger partial charge in [-0.15, -0.1) is 0 Å². The van der Waals surface area contributed by atoms with Gasteiger partial charge in [0.2, 0.25) is 0 Å². The van der Waals surface area contributed by atoms with Gasteiger partial charge < -0.3 is 37.2 Å². The topological polar surface area (TPSA) is 103 Å². The average molecular weight is 384 g/mol. The zero-order valence-electron chi connectivity index (χ0n) is 15.7. The molecule has 0 rings (SSSR count). The van der Waals surface area contributed by atoms with E-state index in [9.17, 15) is 0 Å². The first-order valence-corrected chi connectivity index (χ1v) is 11.7. The number of rotatable bonds is 14. The predicted molar refractivity (Wildman–Crippen MR) is 96.1 cm³/mol. The van der Waals surface area contributed by atoms with Crippen molar-refractivity contribution >= 4 is 23.6 Å². The second-order valence-electron chi connectivity index (χ2n) is 5.03. The highest BCUT2D eigenvalue weighted by molar-refractivity contribution is 6.60. The fourth-order valence-electron chi connectivity index (χ4n) is 2.21. The van der Waals surface area contributed by atoms with E-state index in [2.05, 4.69) is 10.6 Å². The first-order valence-electron chi connectivity index (χ1n) is 7.84. The van der Waals surface area contributed by atoms with Crippen molar-refractivity contribution in [3.63, 3.8) is 0 Å². The van der Waals surface area contributed by atoms with Gasteiger partial charge in [-0.2, -0.15) is 0 Å². The van der Waals surface area contributed by atoms with Gasteiger partial charge in [0.15, 0.2) is 5.96 Å². The maximum absolute atomic E-state index is 7.84. The van der Waals surface area contributed by atoms with Crippen LogP contribution in [0.25, 0.3) is 0 Å². The SMILES string of the molecule is CO[Si](CCCNC(=N)NCCC[Si](OC)(OC)OC)(OC)OC. The number of hydrogen-bond donors (Lipinski definition) is 3. The molecule has 0 saturated carbocycles. The van der Waals surface area contributed by atoms with E-state index in [1.165, 1.54) is 0 Å². The Labute approximate surface area is 147 Å². The first kappa shape index (κ1) is 23.5. The Balaban J connectivity index is 3.88. The quantitative estimate of drug-likeness (QED) is 0.174. The third kappa shape index (κ3) is 8.03. The molecule has 0 bridgehead atoms. The van der Waals surface area contributed by atoms with Crippen molar-refractivity contribution in [2.75, 3.05) is 55.7 Å². The van der Waals surface area contributed by atoms with Crippen LogP contribution in [0.2, 0.25) is 12.1 Å². The van der Waals surface area contributed by atoms with Crippen molar-refractivity contribution < 1.29 is 26.6 Å². The highest BCUT2D eigenvalue weighted by atomic mass is 28.4. The first-order chi connectivity index (χ1) is 11.5. The molecule has 0 radical (unpaired) electrons. The lowest BCUT2D eigenvalue weighted by atomic mass is 10.4.